The maximum absolute atomic E-state index is 11.7. The summed E-state index contributed by atoms with van der Waals surface area (Å²) in [6, 6.07) is 10.9. The summed E-state index contributed by atoms with van der Waals surface area (Å²) < 4.78 is 6.24. The van der Waals surface area contributed by atoms with E-state index in [4.69, 9.17) is 4.74 Å². The maximum Gasteiger partial charge on any atom is 0.263 e. The van der Waals surface area contributed by atoms with Crippen LogP contribution in [0, 0.1) is 0 Å². The number of nitrogens with zero attached hydrogens (tertiary/aromatic N) is 1. The summed E-state index contributed by atoms with van der Waals surface area (Å²) in [6.45, 7) is -0.0589. The molecule has 5 nitrogen and oxygen atoms in total. The highest BCUT2D eigenvalue weighted by Gasteiger charge is 2.04. The summed E-state index contributed by atoms with van der Waals surface area (Å²) in [4.78, 5) is 15.7. The zero-order valence-corrected chi connectivity index (χ0v) is 12.5. The molecular weight excluding hydrogens is 322 g/mol. The number of nitrogens with one attached hydrogen (secondary N) is 2. The predicted molar refractivity (Wildman–Crippen MR) is 82.1 cm³/mol. The number of ether oxygens (including phenoxy) is 1. The third kappa shape index (κ3) is 4.24. The van der Waals surface area contributed by atoms with Crippen molar-refractivity contribution in [2.45, 2.75) is 0 Å². The Kier molecular flexibility index (Phi) is 4.95. The van der Waals surface area contributed by atoms with E-state index in [9.17, 15) is 4.79 Å². The van der Waals surface area contributed by atoms with Gasteiger partial charge in [0.15, 0.2) is 6.61 Å². The first-order valence-electron chi connectivity index (χ1n) is 5.99. The maximum atomic E-state index is 11.7. The Bertz CT molecular complexity index is 570. The highest BCUT2D eigenvalue weighted by Crippen LogP contribution is 2.15. The van der Waals surface area contributed by atoms with Gasteiger partial charge in [0.2, 0.25) is 0 Å². The highest BCUT2D eigenvalue weighted by atomic mass is 79.9. The number of carbonyl (C=O) groups is 1. The monoisotopic (exact) mass is 335 g/mol. The van der Waals surface area contributed by atoms with Crippen LogP contribution in [0.5, 0.6) is 5.75 Å². The molecule has 0 atom stereocenters. The molecule has 0 aliphatic rings. The standard InChI is InChI=1S/C14H14BrN3O2/c1-16-11-3-5-12(6-4-11)20-9-14(19)18-13-7-2-10(15)8-17-13/h2-8,16H,9H2,1H3,(H,17,18,19). The molecule has 0 saturated carbocycles. The molecule has 2 rings (SSSR count). The molecule has 0 unspecified atom stereocenters. The number of pyridine rings is 1. The Morgan fingerprint density at radius 3 is 2.60 bits per heavy atom. The van der Waals surface area contributed by atoms with Crippen LogP contribution in [0.4, 0.5) is 11.5 Å². The lowest BCUT2D eigenvalue weighted by atomic mass is 10.3. The fourth-order valence-corrected chi connectivity index (χ4v) is 1.73. The van der Waals surface area contributed by atoms with Crippen LogP contribution in [0.1, 0.15) is 0 Å². The van der Waals surface area contributed by atoms with Gasteiger partial charge in [-0.2, -0.15) is 0 Å². The number of hydrogen-bond donors (Lipinski definition) is 2. The van der Waals surface area contributed by atoms with Crippen LogP contribution >= 0.6 is 15.9 Å². The lowest BCUT2D eigenvalue weighted by Crippen LogP contribution is -2.20. The van der Waals surface area contributed by atoms with Gasteiger partial charge in [0.25, 0.3) is 5.91 Å². The van der Waals surface area contributed by atoms with Gasteiger partial charge in [0.05, 0.1) is 0 Å². The number of benzene rings is 1. The van der Waals surface area contributed by atoms with E-state index in [2.05, 4.69) is 31.5 Å². The average molecular weight is 336 g/mol. The van der Waals surface area contributed by atoms with Crippen molar-refractivity contribution in [2.75, 3.05) is 24.3 Å². The lowest BCUT2D eigenvalue weighted by molar-refractivity contribution is -0.118. The molecule has 2 N–H and O–H groups in total. The van der Waals surface area contributed by atoms with E-state index >= 15 is 0 Å². The Morgan fingerprint density at radius 2 is 2.00 bits per heavy atom. The number of aromatic nitrogens is 1. The van der Waals surface area contributed by atoms with Crippen molar-refractivity contribution in [1.82, 2.24) is 4.98 Å². The molecule has 0 saturated heterocycles. The number of halogens is 1. The minimum atomic E-state index is -0.252. The summed E-state index contributed by atoms with van der Waals surface area (Å²) in [5.74, 6) is 0.882. The lowest BCUT2D eigenvalue weighted by Gasteiger charge is -2.07. The van der Waals surface area contributed by atoms with Gasteiger partial charge in [0, 0.05) is 23.4 Å². The fourth-order valence-electron chi connectivity index (χ4n) is 1.50. The Morgan fingerprint density at radius 1 is 1.25 bits per heavy atom. The van der Waals surface area contributed by atoms with Crippen molar-refractivity contribution in [3.8, 4) is 5.75 Å². The van der Waals surface area contributed by atoms with Crippen LogP contribution in [0.15, 0.2) is 47.1 Å². The first-order valence-corrected chi connectivity index (χ1v) is 6.78. The smallest absolute Gasteiger partial charge is 0.263 e. The molecule has 0 radical (unpaired) electrons. The van der Waals surface area contributed by atoms with Gasteiger partial charge < -0.3 is 15.4 Å². The fraction of sp³-hybridized carbons (Fsp3) is 0.143. The molecule has 1 aromatic heterocycles. The van der Waals surface area contributed by atoms with Crippen LogP contribution in [-0.4, -0.2) is 24.5 Å². The molecule has 6 heteroatoms. The van der Waals surface area contributed by atoms with Crippen molar-refractivity contribution in [2.24, 2.45) is 0 Å². The molecule has 104 valence electrons. The number of hydrogen-bond acceptors (Lipinski definition) is 4. The number of rotatable bonds is 5. The van der Waals surface area contributed by atoms with E-state index in [0.717, 1.165) is 10.2 Å². The number of carbonyl (C=O) groups excluding carboxylic acids is 1. The van der Waals surface area contributed by atoms with Gasteiger partial charge in [-0.3, -0.25) is 4.79 Å². The minimum Gasteiger partial charge on any atom is -0.484 e. The normalized spacial score (nSPS) is 9.90. The molecule has 20 heavy (non-hydrogen) atoms. The Balaban J connectivity index is 1.83. The van der Waals surface area contributed by atoms with E-state index < -0.39 is 0 Å². The van der Waals surface area contributed by atoms with Crippen molar-refractivity contribution >= 4 is 33.3 Å². The third-order valence-corrected chi connectivity index (χ3v) is 2.98. The minimum absolute atomic E-state index is 0.0589. The third-order valence-electron chi connectivity index (χ3n) is 2.51. The molecule has 0 bridgehead atoms. The number of amides is 1. The van der Waals surface area contributed by atoms with Crippen LogP contribution in [0.3, 0.4) is 0 Å². The first kappa shape index (κ1) is 14.3. The summed E-state index contributed by atoms with van der Waals surface area (Å²) >= 11 is 3.28. The number of anilines is 2. The molecule has 2 aromatic rings. The van der Waals surface area contributed by atoms with Crippen LogP contribution in [0.25, 0.3) is 0 Å². The molecule has 1 heterocycles. The zero-order valence-electron chi connectivity index (χ0n) is 10.9. The molecular formula is C14H14BrN3O2. The zero-order chi connectivity index (χ0) is 14.4. The van der Waals surface area contributed by atoms with Crippen LogP contribution < -0.4 is 15.4 Å². The largest absolute Gasteiger partial charge is 0.484 e. The molecule has 1 amide bonds. The second-order valence-electron chi connectivity index (χ2n) is 3.97. The van der Waals surface area contributed by atoms with Gasteiger partial charge >= 0.3 is 0 Å². The molecule has 0 aliphatic heterocycles. The molecule has 0 fully saturated rings. The quantitative estimate of drug-likeness (QED) is 0.881. The summed E-state index contributed by atoms with van der Waals surface area (Å²) in [5.41, 5.74) is 0.987. The molecule has 0 spiro atoms. The molecule has 1 aromatic carbocycles. The van der Waals surface area contributed by atoms with E-state index in [1.165, 1.54) is 0 Å². The molecule has 0 aliphatic carbocycles. The van der Waals surface area contributed by atoms with Crippen LogP contribution in [0.2, 0.25) is 0 Å². The second-order valence-corrected chi connectivity index (χ2v) is 4.89. The van der Waals surface area contributed by atoms with Crippen molar-refractivity contribution in [3.05, 3.63) is 47.1 Å². The van der Waals surface area contributed by atoms with E-state index in [0.29, 0.717) is 11.6 Å². The average Bonchev–Trinajstić information content (AvgIpc) is 2.48. The van der Waals surface area contributed by atoms with Crippen molar-refractivity contribution in [1.29, 1.82) is 0 Å². The van der Waals surface area contributed by atoms with Gasteiger partial charge in [-0.05, 0) is 52.3 Å². The van der Waals surface area contributed by atoms with Crippen molar-refractivity contribution in [3.63, 3.8) is 0 Å². The Labute approximate surface area is 125 Å². The predicted octanol–water partition coefficient (Wildman–Crippen LogP) is 2.90. The topological polar surface area (TPSA) is 63.2 Å². The van der Waals surface area contributed by atoms with E-state index in [1.807, 2.05) is 19.2 Å². The van der Waals surface area contributed by atoms with Gasteiger partial charge in [-0.25, -0.2) is 4.98 Å². The summed E-state index contributed by atoms with van der Waals surface area (Å²) in [7, 11) is 1.84. The SMILES string of the molecule is CNc1ccc(OCC(=O)Nc2ccc(Br)cn2)cc1. The van der Waals surface area contributed by atoms with Gasteiger partial charge in [0.1, 0.15) is 11.6 Å². The van der Waals surface area contributed by atoms with Crippen LogP contribution in [-0.2, 0) is 4.79 Å². The highest BCUT2D eigenvalue weighted by molar-refractivity contribution is 9.10. The Hall–Kier alpha value is -2.08. The van der Waals surface area contributed by atoms with Gasteiger partial charge in [-0.1, -0.05) is 0 Å². The van der Waals surface area contributed by atoms with Crippen molar-refractivity contribution < 1.29 is 9.53 Å². The van der Waals surface area contributed by atoms with Gasteiger partial charge in [-0.15, -0.1) is 0 Å². The second kappa shape index (κ2) is 6.91. The summed E-state index contributed by atoms with van der Waals surface area (Å²) in [6.07, 6.45) is 1.62. The first-order chi connectivity index (χ1) is 9.67. The summed E-state index contributed by atoms with van der Waals surface area (Å²) in [5, 5.41) is 5.66. The van der Waals surface area contributed by atoms with E-state index in [-0.39, 0.29) is 12.5 Å². The van der Waals surface area contributed by atoms with E-state index in [1.54, 1.807) is 30.5 Å².